The normalized spacial score (nSPS) is 39.0. The Morgan fingerprint density at radius 2 is 1.85 bits per heavy atom. The summed E-state index contributed by atoms with van der Waals surface area (Å²) in [6.07, 6.45) is -0.788. The molecule has 0 radical (unpaired) electrons. The van der Waals surface area contributed by atoms with Gasteiger partial charge >= 0.3 is 13.6 Å². The molecule has 5 nitrogen and oxygen atoms in total. The number of methoxy groups -OCH3 is 1. The Kier molecular flexibility index (Phi) is 3.11. The van der Waals surface area contributed by atoms with E-state index >= 15 is 0 Å². The Balaban J connectivity index is 2.59. The minimum atomic E-state index is -3.23. The molecule has 2 atom stereocenters. The largest absolute Gasteiger partial charge is 0.469 e. The van der Waals surface area contributed by atoms with Crippen LogP contribution in [0.3, 0.4) is 0 Å². The summed E-state index contributed by atoms with van der Waals surface area (Å²) < 4.78 is 26.2. The zero-order valence-electron chi connectivity index (χ0n) is 7.85. The van der Waals surface area contributed by atoms with Crippen molar-refractivity contribution in [2.75, 3.05) is 13.3 Å². The van der Waals surface area contributed by atoms with Crippen molar-refractivity contribution < 1.29 is 23.1 Å². The molecule has 1 rings (SSSR count). The maximum absolute atomic E-state index is 11.7. The molecule has 0 saturated carbocycles. The van der Waals surface area contributed by atoms with Crippen LogP contribution in [0, 0.1) is 0 Å². The minimum Gasteiger partial charge on any atom is -0.469 e. The van der Waals surface area contributed by atoms with Crippen LogP contribution in [0.25, 0.3) is 0 Å². The molecule has 76 valence electrons. The highest BCUT2D eigenvalue weighted by Gasteiger charge is 2.41. The molecule has 0 bridgehead atoms. The van der Waals surface area contributed by atoms with E-state index < -0.39 is 13.6 Å². The zero-order chi connectivity index (χ0) is 10.1. The van der Waals surface area contributed by atoms with E-state index in [9.17, 15) is 9.36 Å². The lowest BCUT2D eigenvalue weighted by Gasteiger charge is -2.07. The first-order chi connectivity index (χ1) is 5.97. The third-order valence-corrected chi connectivity index (χ3v) is 3.82. The van der Waals surface area contributed by atoms with Gasteiger partial charge in [0.15, 0.2) is 0 Å². The van der Waals surface area contributed by atoms with Crippen molar-refractivity contribution in [3.05, 3.63) is 0 Å². The molecule has 13 heavy (non-hydrogen) atoms. The van der Waals surface area contributed by atoms with Crippen LogP contribution in [0.5, 0.6) is 0 Å². The van der Waals surface area contributed by atoms with Gasteiger partial charge in [-0.1, -0.05) is 0 Å². The monoisotopic (exact) mass is 208 g/mol. The summed E-state index contributed by atoms with van der Waals surface area (Å²) in [4.78, 5) is 10.8. The molecule has 6 heteroatoms. The number of rotatable bonds is 2. The Morgan fingerprint density at radius 1 is 1.38 bits per heavy atom. The number of ether oxygens (including phenoxy) is 1. The molecule has 1 aliphatic rings. The average molecular weight is 208 g/mol. The number of carbonyl (C=O) groups excluding carboxylic acids is 1. The maximum Gasteiger partial charge on any atom is 0.342 e. The Labute approximate surface area is 76.9 Å². The lowest BCUT2D eigenvalue weighted by molar-refractivity contribution is -0.137. The van der Waals surface area contributed by atoms with Crippen LogP contribution in [0.2, 0.25) is 0 Å². The highest BCUT2D eigenvalue weighted by Crippen LogP contribution is 2.56. The summed E-state index contributed by atoms with van der Waals surface area (Å²) in [6.45, 7) is 3.50. The summed E-state index contributed by atoms with van der Waals surface area (Å²) >= 11 is 0. The second-order valence-electron chi connectivity index (χ2n) is 2.97. The quantitative estimate of drug-likeness (QED) is 0.503. The minimum absolute atomic E-state index is 0.240. The maximum atomic E-state index is 11.7. The summed E-state index contributed by atoms with van der Waals surface area (Å²) in [7, 11) is -2.00. The van der Waals surface area contributed by atoms with Gasteiger partial charge in [-0.25, -0.2) is 0 Å². The average Bonchev–Trinajstić information content (AvgIpc) is 2.25. The number of esters is 1. The van der Waals surface area contributed by atoms with Crippen molar-refractivity contribution in [2.45, 2.75) is 26.1 Å². The lowest BCUT2D eigenvalue weighted by Crippen LogP contribution is -2.13. The van der Waals surface area contributed by atoms with Crippen LogP contribution in [-0.2, 0) is 23.1 Å². The fraction of sp³-hybridized carbons (Fsp3) is 0.857. The van der Waals surface area contributed by atoms with Crippen LogP contribution in [0.1, 0.15) is 13.8 Å². The molecule has 0 amide bonds. The van der Waals surface area contributed by atoms with E-state index in [0.717, 1.165) is 0 Å². The molecule has 1 fully saturated rings. The first kappa shape index (κ1) is 10.7. The molecule has 0 aromatic carbocycles. The van der Waals surface area contributed by atoms with E-state index in [1.54, 1.807) is 13.8 Å². The fourth-order valence-corrected chi connectivity index (χ4v) is 3.00. The van der Waals surface area contributed by atoms with Gasteiger partial charge in [0.2, 0.25) is 0 Å². The molecule has 1 aliphatic heterocycles. The molecule has 2 unspecified atom stereocenters. The van der Waals surface area contributed by atoms with Gasteiger partial charge in [-0.15, -0.1) is 0 Å². The van der Waals surface area contributed by atoms with Crippen LogP contribution >= 0.6 is 7.60 Å². The molecule has 0 aliphatic carbocycles. The van der Waals surface area contributed by atoms with Gasteiger partial charge in [0, 0.05) is 0 Å². The first-order valence-electron chi connectivity index (χ1n) is 3.99. The van der Waals surface area contributed by atoms with E-state index in [4.69, 9.17) is 9.05 Å². The van der Waals surface area contributed by atoms with E-state index in [0.29, 0.717) is 0 Å². The molecule has 0 aromatic rings. The molecular formula is C7H13O5P. The summed E-state index contributed by atoms with van der Waals surface area (Å²) in [5.74, 6) is -0.579. The van der Waals surface area contributed by atoms with Gasteiger partial charge in [-0.3, -0.25) is 9.36 Å². The second-order valence-corrected chi connectivity index (χ2v) is 4.93. The molecule has 1 saturated heterocycles. The van der Waals surface area contributed by atoms with Crippen molar-refractivity contribution in [3.63, 3.8) is 0 Å². The summed E-state index contributed by atoms with van der Waals surface area (Å²) in [6, 6.07) is 0. The highest BCUT2D eigenvalue weighted by molar-refractivity contribution is 7.55. The predicted octanol–water partition coefficient (Wildman–Crippen LogP) is 1.18. The van der Waals surface area contributed by atoms with Gasteiger partial charge in [0.05, 0.1) is 19.3 Å². The lowest BCUT2D eigenvalue weighted by atomic mass is 10.3. The molecular weight excluding hydrogens is 195 g/mol. The third kappa shape index (κ3) is 2.53. The van der Waals surface area contributed by atoms with Gasteiger partial charge in [0.25, 0.3) is 0 Å². The van der Waals surface area contributed by atoms with E-state index in [1.807, 2.05) is 0 Å². The number of carbonyl (C=O) groups is 1. The van der Waals surface area contributed by atoms with Crippen molar-refractivity contribution in [2.24, 2.45) is 0 Å². The molecule has 0 N–H and O–H groups in total. The van der Waals surface area contributed by atoms with Crippen molar-refractivity contribution in [3.8, 4) is 0 Å². The van der Waals surface area contributed by atoms with Crippen LogP contribution in [-0.4, -0.2) is 31.4 Å². The van der Waals surface area contributed by atoms with Gasteiger partial charge in [-0.05, 0) is 13.8 Å². The fourth-order valence-electron chi connectivity index (χ4n) is 1.00. The molecule has 1 heterocycles. The standard InChI is InChI=1S/C7H13O5P/c1-5-6(2)12-13(9,11-5)4-7(8)10-3/h5-6H,4H2,1-3H3. The molecule has 0 aromatic heterocycles. The summed E-state index contributed by atoms with van der Waals surface area (Å²) in [5.41, 5.74) is 0. The Hall–Kier alpha value is -0.380. The van der Waals surface area contributed by atoms with Crippen LogP contribution in [0.4, 0.5) is 0 Å². The Morgan fingerprint density at radius 3 is 2.23 bits per heavy atom. The van der Waals surface area contributed by atoms with Gasteiger partial charge < -0.3 is 13.8 Å². The van der Waals surface area contributed by atoms with Crippen molar-refractivity contribution in [1.82, 2.24) is 0 Å². The van der Waals surface area contributed by atoms with Gasteiger partial charge in [-0.2, -0.15) is 0 Å². The van der Waals surface area contributed by atoms with Crippen molar-refractivity contribution in [1.29, 1.82) is 0 Å². The summed E-state index contributed by atoms with van der Waals surface area (Å²) in [5, 5.41) is 0. The first-order valence-corrected chi connectivity index (χ1v) is 5.72. The van der Waals surface area contributed by atoms with E-state index in [2.05, 4.69) is 4.74 Å². The van der Waals surface area contributed by atoms with Crippen molar-refractivity contribution >= 4 is 13.6 Å². The van der Waals surface area contributed by atoms with Crippen LogP contribution in [0.15, 0.2) is 0 Å². The third-order valence-electron chi connectivity index (χ3n) is 1.87. The SMILES string of the molecule is COC(=O)CP1(=O)OC(C)C(C)O1. The number of hydrogen-bond donors (Lipinski definition) is 0. The zero-order valence-corrected chi connectivity index (χ0v) is 8.74. The van der Waals surface area contributed by atoms with Gasteiger partial charge in [0.1, 0.15) is 6.16 Å². The topological polar surface area (TPSA) is 61.8 Å². The predicted molar refractivity (Wildman–Crippen MR) is 45.6 cm³/mol. The van der Waals surface area contributed by atoms with E-state index in [1.165, 1.54) is 7.11 Å². The Bertz CT molecular complexity index is 237. The number of hydrogen-bond acceptors (Lipinski definition) is 5. The van der Waals surface area contributed by atoms with Crippen LogP contribution < -0.4 is 0 Å². The smallest absolute Gasteiger partial charge is 0.342 e. The van der Waals surface area contributed by atoms with E-state index in [-0.39, 0.29) is 18.4 Å². The molecule has 0 spiro atoms. The highest BCUT2D eigenvalue weighted by atomic mass is 31.2. The second kappa shape index (κ2) is 3.78.